The number of aromatic nitrogens is 1. The number of hydrogen-bond acceptors (Lipinski definition) is 5. The average Bonchev–Trinajstić information content (AvgIpc) is 2.45. The van der Waals surface area contributed by atoms with E-state index in [4.69, 9.17) is 0 Å². The van der Waals surface area contributed by atoms with Crippen LogP contribution in [0.2, 0.25) is 0 Å². The Morgan fingerprint density at radius 2 is 2.10 bits per heavy atom. The maximum absolute atomic E-state index is 10.9. The van der Waals surface area contributed by atoms with Gasteiger partial charge in [-0.25, -0.2) is 4.98 Å². The topological polar surface area (TPSA) is 68.1 Å². The molecule has 1 aromatic heterocycles. The number of hydrogen-bond donors (Lipinski definition) is 1. The largest absolute Gasteiger partial charge is 0.363 e. The van der Waals surface area contributed by atoms with Gasteiger partial charge in [0.1, 0.15) is 0 Å². The molecule has 0 unspecified atom stereocenters. The highest BCUT2D eigenvalue weighted by atomic mass is 79.9. The van der Waals surface area contributed by atoms with Crippen LogP contribution in [0.4, 0.5) is 11.5 Å². The second-order valence-electron chi connectivity index (χ2n) is 3.87. The molecule has 0 aliphatic heterocycles. The summed E-state index contributed by atoms with van der Waals surface area (Å²) >= 11 is 4.87. The molecule has 2 rings (SSSR count). The summed E-state index contributed by atoms with van der Waals surface area (Å²) in [5.74, 6) is 1.10. The van der Waals surface area contributed by atoms with Crippen molar-refractivity contribution in [2.24, 2.45) is 0 Å². The Morgan fingerprint density at radius 1 is 1.35 bits per heavy atom. The Hall–Kier alpha value is -1.60. The van der Waals surface area contributed by atoms with Crippen LogP contribution in [0.5, 0.6) is 0 Å². The first-order chi connectivity index (χ1) is 9.66. The van der Waals surface area contributed by atoms with E-state index in [1.54, 1.807) is 18.0 Å². The number of thioether (sulfide) groups is 1. The van der Waals surface area contributed by atoms with E-state index in [0.29, 0.717) is 16.8 Å². The van der Waals surface area contributed by atoms with Gasteiger partial charge in [-0.2, -0.15) is 0 Å². The summed E-state index contributed by atoms with van der Waals surface area (Å²) in [6.45, 7) is 0.606. The molecular weight excluding hydrogens is 342 g/mol. The molecule has 0 aliphatic carbocycles. The molecule has 1 heterocycles. The van der Waals surface area contributed by atoms with Crippen molar-refractivity contribution in [1.29, 1.82) is 0 Å². The maximum Gasteiger partial charge on any atom is 0.312 e. The van der Waals surface area contributed by atoms with Gasteiger partial charge in [0.05, 0.1) is 4.92 Å². The fourth-order valence-corrected chi connectivity index (χ4v) is 2.67. The summed E-state index contributed by atoms with van der Waals surface area (Å²) in [7, 11) is 0. The number of pyridine rings is 1. The molecule has 0 saturated heterocycles. The third kappa shape index (κ3) is 4.21. The third-order valence-corrected chi connectivity index (χ3v) is 3.88. The zero-order chi connectivity index (χ0) is 14.4. The van der Waals surface area contributed by atoms with Crippen LogP contribution >= 0.6 is 27.7 Å². The highest BCUT2D eigenvalue weighted by molar-refractivity contribution is 9.10. The summed E-state index contributed by atoms with van der Waals surface area (Å²) in [5.41, 5.74) is -0.0240. The Labute approximate surface area is 129 Å². The molecule has 104 valence electrons. The van der Waals surface area contributed by atoms with Gasteiger partial charge in [-0.1, -0.05) is 18.2 Å². The van der Waals surface area contributed by atoms with Crippen molar-refractivity contribution in [2.45, 2.75) is 4.90 Å². The van der Waals surface area contributed by atoms with Gasteiger partial charge in [0.2, 0.25) is 5.82 Å². The van der Waals surface area contributed by atoms with Crippen molar-refractivity contribution in [3.05, 3.63) is 57.2 Å². The zero-order valence-corrected chi connectivity index (χ0v) is 12.9. The molecule has 0 fully saturated rings. The van der Waals surface area contributed by atoms with E-state index >= 15 is 0 Å². The molecule has 0 spiro atoms. The highest BCUT2D eigenvalue weighted by Gasteiger charge is 2.15. The second kappa shape index (κ2) is 7.25. The van der Waals surface area contributed by atoms with E-state index in [2.05, 4.69) is 26.2 Å². The number of benzene rings is 1. The fraction of sp³-hybridized carbons (Fsp3) is 0.154. The average molecular weight is 354 g/mol. The van der Waals surface area contributed by atoms with Crippen LogP contribution < -0.4 is 5.32 Å². The first kappa shape index (κ1) is 14.8. The van der Waals surface area contributed by atoms with Crippen LogP contribution in [-0.4, -0.2) is 22.2 Å². The van der Waals surface area contributed by atoms with Crippen molar-refractivity contribution in [3.8, 4) is 0 Å². The lowest BCUT2D eigenvalue weighted by Crippen LogP contribution is -2.08. The molecule has 0 saturated carbocycles. The number of nitrogens with zero attached hydrogens (tertiary/aromatic N) is 2. The minimum atomic E-state index is -0.440. The Balaban J connectivity index is 1.90. The van der Waals surface area contributed by atoms with Crippen LogP contribution in [0.25, 0.3) is 0 Å². The lowest BCUT2D eigenvalue weighted by atomic mass is 10.4. The van der Waals surface area contributed by atoms with Gasteiger partial charge >= 0.3 is 5.69 Å². The number of nitrogens with one attached hydrogen (secondary N) is 1. The molecule has 1 N–H and O–H groups in total. The number of rotatable bonds is 6. The summed E-state index contributed by atoms with van der Waals surface area (Å²) in [6, 6.07) is 11.4. The predicted molar refractivity (Wildman–Crippen MR) is 84.2 cm³/mol. The van der Waals surface area contributed by atoms with E-state index in [0.717, 1.165) is 5.75 Å². The minimum Gasteiger partial charge on any atom is -0.363 e. The quantitative estimate of drug-likeness (QED) is 0.368. The molecule has 5 nitrogen and oxygen atoms in total. The van der Waals surface area contributed by atoms with Crippen molar-refractivity contribution in [1.82, 2.24) is 4.98 Å². The lowest BCUT2D eigenvalue weighted by molar-refractivity contribution is -0.384. The molecule has 0 radical (unpaired) electrons. The molecule has 2 aromatic rings. The van der Waals surface area contributed by atoms with E-state index < -0.39 is 4.92 Å². The fourth-order valence-electron chi connectivity index (χ4n) is 1.56. The van der Waals surface area contributed by atoms with Gasteiger partial charge in [-0.15, -0.1) is 11.8 Å². The zero-order valence-electron chi connectivity index (χ0n) is 10.5. The molecule has 7 heteroatoms. The van der Waals surface area contributed by atoms with E-state index in [1.165, 1.54) is 11.0 Å². The molecule has 0 aliphatic rings. The molecule has 0 atom stereocenters. The number of halogens is 1. The maximum atomic E-state index is 10.9. The minimum absolute atomic E-state index is 0.0240. The van der Waals surface area contributed by atoms with Crippen molar-refractivity contribution < 1.29 is 4.92 Å². The standard InChI is InChI=1S/C13H12BrN3O2S/c14-10-8-12(17(18)19)13(16-9-10)15-6-7-20-11-4-2-1-3-5-11/h1-5,8-9H,6-7H2,(H,15,16). The summed E-state index contributed by atoms with van der Waals surface area (Å²) < 4.78 is 0.591. The van der Waals surface area contributed by atoms with Crippen molar-refractivity contribution >= 4 is 39.2 Å². The lowest BCUT2D eigenvalue weighted by Gasteiger charge is -2.06. The molecule has 20 heavy (non-hydrogen) atoms. The van der Waals surface area contributed by atoms with E-state index in [-0.39, 0.29) is 5.69 Å². The van der Waals surface area contributed by atoms with Gasteiger partial charge in [-0.3, -0.25) is 10.1 Å². The summed E-state index contributed by atoms with van der Waals surface area (Å²) in [5, 5.41) is 13.9. The Kier molecular flexibility index (Phi) is 5.37. The van der Waals surface area contributed by atoms with Crippen LogP contribution in [0.1, 0.15) is 0 Å². The summed E-state index contributed by atoms with van der Waals surface area (Å²) in [6.07, 6.45) is 1.54. The van der Waals surface area contributed by atoms with Crippen LogP contribution in [0.15, 0.2) is 52.0 Å². The smallest absolute Gasteiger partial charge is 0.312 e. The van der Waals surface area contributed by atoms with Crippen LogP contribution in [0.3, 0.4) is 0 Å². The number of anilines is 1. The van der Waals surface area contributed by atoms with Crippen molar-refractivity contribution in [3.63, 3.8) is 0 Å². The molecule has 0 amide bonds. The van der Waals surface area contributed by atoms with Gasteiger partial charge in [0.25, 0.3) is 0 Å². The van der Waals surface area contributed by atoms with Gasteiger partial charge < -0.3 is 5.32 Å². The second-order valence-corrected chi connectivity index (χ2v) is 5.95. The van der Waals surface area contributed by atoms with E-state index in [1.807, 2.05) is 30.3 Å². The van der Waals surface area contributed by atoms with Gasteiger partial charge in [0, 0.05) is 33.9 Å². The molecule has 1 aromatic carbocycles. The highest BCUT2D eigenvalue weighted by Crippen LogP contribution is 2.25. The number of nitro groups is 1. The first-order valence-electron chi connectivity index (χ1n) is 5.88. The first-order valence-corrected chi connectivity index (χ1v) is 7.66. The predicted octanol–water partition coefficient (Wildman–Crippen LogP) is 3.96. The monoisotopic (exact) mass is 353 g/mol. The van der Waals surface area contributed by atoms with Crippen LogP contribution in [-0.2, 0) is 0 Å². The Morgan fingerprint density at radius 3 is 2.80 bits per heavy atom. The third-order valence-electron chi connectivity index (χ3n) is 2.44. The molecule has 0 bridgehead atoms. The Bertz CT molecular complexity index is 595. The molecular formula is C13H12BrN3O2S. The van der Waals surface area contributed by atoms with Crippen LogP contribution in [0, 0.1) is 10.1 Å². The van der Waals surface area contributed by atoms with Gasteiger partial charge in [-0.05, 0) is 28.1 Å². The SMILES string of the molecule is O=[N+]([O-])c1cc(Br)cnc1NCCSc1ccccc1. The van der Waals surface area contributed by atoms with Crippen molar-refractivity contribution in [2.75, 3.05) is 17.6 Å². The normalized spacial score (nSPS) is 10.2. The summed E-state index contributed by atoms with van der Waals surface area (Å²) in [4.78, 5) is 15.7. The van der Waals surface area contributed by atoms with E-state index in [9.17, 15) is 10.1 Å². The van der Waals surface area contributed by atoms with Gasteiger partial charge in [0.15, 0.2) is 0 Å².